The van der Waals surface area contributed by atoms with E-state index in [0.29, 0.717) is 19.4 Å². The first-order valence-electron chi connectivity index (χ1n) is 6.28. The minimum absolute atomic E-state index is 0.0371. The van der Waals surface area contributed by atoms with Gasteiger partial charge in [0.15, 0.2) is 0 Å². The predicted molar refractivity (Wildman–Crippen MR) is 65.5 cm³/mol. The number of hydrogen-bond acceptors (Lipinski definition) is 4. The van der Waals surface area contributed by atoms with E-state index in [0.717, 1.165) is 25.7 Å². The number of hydrogen-bond donors (Lipinski definition) is 3. The fourth-order valence-electron chi connectivity index (χ4n) is 2.41. The first kappa shape index (κ1) is 14.4. The molecular weight excluding hydrogens is 220 g/mol. The van der Waals surface area contributed by atoms with Crippen LogP contribution < -0.4 is 11.1 Å². The van der Waals surface area contributed by atoms with Gasteiger partial charge in [0.05, 0.1) is 12.6 Å². The van der Waals surface area contributed by atoms with Crippen molar-refractivity contribution in [1.82, 2.24) is 5.32 Å². The van der Waals surface area contributed by atoms with E-state index in [1.165, 1.54) is 0 Å². The monoisotopic (exact) mass is 244 g/mol. The second kappa shape index (κ2) is 6.93. The van der Waals surface area contributed by atoms with Crippen LogP contribution in [0.25, 0.3) is 0 Å². The summed E-state index contributed by atoms with van der Waals surface area (Å²) in [5.41, 5.74) is 5.82. The molecule has 0 aromatic heterocycles. The molecule has 17 heavy (non-hydrogen) atoms. The Labute approximate surface area is 103 Å². The second-order valence-electron chi connectivity index (χ2n) is 4.98. The van der Waals surface area contributed by atoms with Crippen LogP contribution in [0, 0.1) is 0 Å². The van der Waals surface area contributed by atoms with E-state index in [-0.39, 0.29) is 24.1 Å². The minimum Gasteiger partial charge on any atom is -0.396 e. The van der Waals surface area contributed by atoms with Crippen molar-refractivity contribution in [1.29, 1.82) is 0 Å². The summed E-state index contributed by atoms with van der Waals surface area (Å²) in [5, 5.41) is 11.7. The molecule has 0 bridgehead atoms. The summed E-state index contributed by atoms with van der Waals surface area (Å²) < 4.78 is 5.00. The van der Waals surface area contributed by atoms with E-state index in [1.54, 1.807) is 7.11 Å². The summed E-state index contributed by atoms with van der Waals surface area (Å²) in [6.45, 7) is 0.464. The van der Waals surface area contributed by atoms with Crippen molar-refractivity contribution in [3.63, 3.8) is 0 Å². The fourth-order valence-corrected chi connectivity index (χ4v) is 2.41. The SMILES string of the molecule is COCC(CCO)NC(=O)CC1(N)CCCC1. The Balaban J connectivity index is 2.35. The van der Waals surface area contributed by atoms with Gasteiger partial charge in [-0.25, -0.2) is 0 Å². The van der Waals surface area contributed by atoms with Crippen LogP contribution in [0.4, 0.5) is 0 Å². The highest BCUT2D eigenvalue weighted by Gasteiger charge is 2.32. The number of aliphatic hydroxyl groups excluding tert-OH is 1. The normalized spacial score (nSPS) is 20.2. The number of nitrogens with one attached hydrogen (secondary N) is 1. The summed E-state index contributed by atoms with van der Waals surface area (Å²) in [4.78, 5) is 11.8. The Morgan fingerprint density at radius 1 is 1.53 bits per heavy atom. The molecule has 100 valence electrons. The Morgan fingerprint density at radius 3 is 2.71 bits per heavy atom. The second-order valence-corrected chi connectivity index (χ2v) is 4.98. The lowest BCUT2D eigenvalue weighted by Crippen LogP contribution is -2.46. The van der Waals surface area contributed by atoms with Crippen molar-refractivity contribution in [2.45, 2.75) is 50.1 Å². The predicted octanol–water partition coefficient (Wildman–Crippen LogP) is 0.162. The van der Waals surface area contributed by atoms with Crippen LogP contribution in [0.1, 0.15) is 38.5 Å². The quantitative estimate of drug-likeness (QED) is 0.595. The van der Waals surface area contributed by atoms with E-state index in [2.05, 4.69) is 5.32 Å². The number of carbonyl (C=O) groups is 1. The summed E-state index contributed by atoms with van der Waals surface area (Å²) in [7, 11) is 1.58. The van der Waals surface area contributed by atoms with Crippen LogP contribution >= 0.6 is 0 Å². The zero-order valence-electron chi connectivity index (χ0n) is 10.6. The van der Waals surface area contributed by atoms with Crippen molar-refractivity contribution in [2.75, 3.05) is 20.3 Å². The van der Waals surface area contributed by atoms with Gasteiger partial charge in [0.1, 0.15) is 0 Å². The van der Waals surface area contributed by atoms with Gasteiger partial charge in [0, 0.05) is 25.7 Å². The zero-order valence-corrected chi connectivity index (χ0v) is 10.6. The van der Waals surface area contributed by atoms with E-state index in [1.807, 2.05) is 0 Å². The lowest BCUT2D eigenvalue weighted by molar-refractivity contribution is -0.123. The average molecular weight is 244 g/mol. The molecule has 1 aliphatic carbocycles. The number of amides is 1. The molecule has 1 unspecified atom stereocenters. The average Bonchev–Trinajstić information content (AvgIpc) is 2.65. The molecular formula is C12H24N2O3. The Hall–Kier alpha value is -0.650. The van der Waals surface area contributed by atoms with E-state index >= 15 is 0 Å². The number of carbonyl (C=O) groups excluding carboxylic acids is 1. The third-order valence-corrected chi connectivity index (χ3v) is 3.32. The van der Waals surface area contributed by atoms with E-state index in [9.17, 15) is 4.79 Å². The molecule has 4 N–H and O–H groups in total. The molecule has 0 aromatic carbocycles. The number of ether oxygens (including phenoxy) is 1. The van der Waals surface area contributed by atoms with Crippen LogP contribution in [0.2, 0.25) is 0 Å². The van der Waals surface area contributed by atoms with Gasteiger partial charge < -0.3 is 20.9 Å². The van der Waals surface area contributed by atoms with E-state index < -0.39 is 0 Å². The van der Waals surface area contributed by atoms with Gasteiger partial charge in [-0.2, -0.15) is 0 Å². The highest BCUT2D eigenvalue weighted by atomic mass is 16.5. The summed E-state index contributed by atoms with van der Waals surface area (Å²) in [6, 6.07) is -0.123. The smallest absolute Gasteiger partial charge is 0.222 e. The number of rotatable bonds is 7. The molecule has 0 aromatic rings. The molecule has 0 saturated heterocycles. The van der Waals surface area contributed by atoms with Crippen molar-refractivity contribution in [3.8, 4) is 0 Å². The topological polar surface area (TPSA) is 84.6 Å². The summed E-state index contributed by atoms with van der Waals surface area (Å²) in [5.74, 6) is -0.0371. The Kier molecular flexibility index (Phi) is 5.88. The van der Waals surface area contributed by atoms with Crippen LogP contribution in [-0.2, 0) is 9.53 Å². The molecule has 1 fully saturated rings. The first-order chi connectivity index (χ1) is 8.09. The first-order valence-corrected chi connectivity index (χ1v) is 6.28. The van der Waals surface area contributed by atoms with Gasteiger partial charge >= 0.3 is 0 Å². The molecule has 0 radical (unpaired) electrons. The summed E-state index contributed by atoms with van der Waals surface area (Å²) >= 11 is 0. The lowest BCUT2D eigenvalue weighted by Gasteiger charge is -2.24. The van der Waals surface area contributed by atoms with Gasteiger partial charge in [-0.1, -0.05) is 12.8 Å². The molecule has 0 spiro atoms. The zero-order chi connectivity index (χ0) is 12.7. The maximum absolute atomic E-state index is 11.8. The largest absolute Gasteiger partial charge is 0.396 e. The van der Waals surface area contributed by atoms with Crippen LogP contribution in [0.3, 0.4) is 0 Å². The Bertz CT molecular complexity index is 234. The van der Waals surface area contributed by atoms with Gasteiger partial charge in [0.2, 0.25) is 5.91 Å². The van der Waals surface area contributed by atoms with Crippen LogP contribution in [0.5, 0.6) is 0 Å². The third-order valence-electron chi connectivity index (χ3n) is 3.32. The number of methoxy groups -OCH3 is 1. The van der Waals surface area contributed by atoms with Gasteiger partial charge in [-0.3, -0.25) is 4.79 Å². The highest BCUT2D eigenvalue weighted by Crippen LogP contribution is 2.29. The van der Waals surface area contributed by atoms with E-state index in [4.69, 9.17) is 15.6 Å². The Morgan fingerprint density at radius 2 is 2.18 bits per heavy atom. The van der Waals surface area contributed by atoms with Gasteiger partial charge in [-0.05, 0) is 19.3 Å². The van der Waals surface area contributed by atoms with Crippen molar-refractivity contribution < 1.29 is 14.6 Å². The lowest BCUT2D eigenvalue weighted by atomic mass is 9.94. The molecule has 1 amide bonds. The maximum atomic E-state index is 11.8. The number of aliphatic hydroxyl groups is 1. The highest BCUT2D eigenvalue weighted by molar-refractivity contribution is 5.77. The van der Waals surface area contributed by atoms with Crippen molar-refractivity contribution in [3.05, 3.63) is 0 Å². The molecule has 1 rings (SSSR count). The molecule has 5 nitrogen and oxygen atoms in total. The maximum Gasteiger partial charge on any atom is 0.222 e. The molecule has 1 atom stereocenters. The molecule has 1 aliphatic rings. The fraction of sp³-hybridized carbons (Fsp3) is 0.917. The van der Waals surface area contributed by atoms with Gasteiger partial charge in [0.25, 0.3) is 0 Å². The standard InChI is InChI=1S/C12H24N2O3/c1-17-9-10(4-7-15)14-11(16)8-12(13)5-2-3-6-12/h10,15H,2-9,13H2,1H3,(H,14,16). The molecule has 0 heterocycles. The van der Waals surface area contributed by atoms with Crippen LogP contribution in [0.15, 0.2) is 0 Å². The van der Waals surface area contributed by atoms with Gasteiger partial charge in [-0.15, -0.1) is 0 Å². The van der Waals surface area contributed by atoms with Crippen LogP contribution in [-0.4, -0.2) is 42.9 Å². The summed E-state index contributed by atoms with van der Waals surface area (Å²) in [6.07, 6.45) is 4.96. The minimum atomic E-state index is -0.319. The third kappa shape index (κ3) is 5.02. The van der Waals surface area contributed by atoms with Crippen molar-refractivity contribution in [2.24, 2.45) is 5.73 Å². The molecule has 1 saturated carbocycles. The molecule has 0 aliphatic heterocycles. The van der Waals surface area contributed by atoms with Crippen molar-refractivity contribution >= 4 is 5.91 Å². The number of nitrogens with two attached hydrogens (primary N) is 1. The molecule has 5 heteroatoms.